The first kappa shape index (κ1) is 11.2. The topological polar surface area (TPSA) is 49.7 Å². The maximum Gasteiger partial charge on any atom is 0.0811 e. The lowest BCUT2D eigenvalue weighted by Gasteiger charge is -2.08. The first-order valence-electron chi connectivity index (χ1n) is 4.62. The summed E-state index contributed by atoms with van der Waals surface area (Å²) in [6.07, 6.45) is -0.193. The highest BCUT2D eigenvalue weighted by molar-refractivity contribution is 5.23. The Morgan fingerprint density at radius 2 is 2.07 bits per heavy atom. The number of aliphatic hydroxyl groups excluding tert-OH is 2. The van der Waals surface area contributed by atoms with Gasteiger partial charge in [0, 0.05) is 13.5 Å². The van der Waals surface area contributed by atoms with E-state index in [1.807, 2.05) is 24.3 Å². The molecule has 0 aromatic heterocycles. The van der Waals surface area contributed by atoms with Crippen LogP contribution in [0.15, 0.2) is 24.3 Å². The minimum absolute atomic E-state index is 0.200. The number of ether oxygens (including phenoxy) is 1. The van der Waals surface area contributed by atoms with E-state index < -0.39 is 6.10 Å². The Bertz CT molecular complexity index is 273. The number of hydrogen-bond acceptors (Lipinski definition) is 3. The van der Waals surface area contributed by atoms with E-state index in [1.165, 1.54) is 0 Å². The summed E-state index contributed by atoms with van der Waals surface area (Å²) in [7, 11) is 1.65. The largest absolute Gasteiger partial charge is 0.394 e. The first-order valence-corrected chi connectivity index (χ1v) is 4.62. The molecular formula is C11H16O3. The molecule has 1 aromatic carbocycles. The van der Waals surface area contributed by atoms with Crippen molar-refractivity contribution >= 4 is 0 Å². The molecule has 0 amide bonds. The maximum atomic E-state index is 9.25. The van der Waals surface area contributed by atoms with E-state index in [1.54, 1.807) is 7.11 Å². The first-order chi connectivity index (χ1) is 6.76. The standard InChI is InChI=1S/C11H16O3/c1-14-8-10-4-2-3-9(5-10)6-11(13)7-12/h2-5,11-13H,6-8H2,1H3/t11-/m0/s1. The van der Waals surface area contributed by atoms with Gasteiger partial charge >= 0.3 is 0 Å². The number of methoxy groups -OCH3 is 1. The van der Waals surface area contributed by atoms with E-state index in [0.717, 1.165) is 11.1 Å². The van der Waals surface area contributed by atoms with Gasteiger partial charge in [-0.3, -0.25) is 0 Å². The van der Waals surface area contributed by atoms with Crippen molar-refractivity contribution in [2.24, 2.45) is 0 Å². The summed E-state index contributed by atoms with van der Waals surface area (Å²) in [6.45, 7) is 0.373. The normalized spacial score (nSPS) is 12.8. The third-order valence-electron chi connectivity index (χ3n) is 1.98. The fourth-order valence-electron chi connectivity index (χ4n) is 1.35. The molecule has 0 unspecified atom stereocenters. The second-order valence-electron chi connectivity index (χ2n) is 3.29. The van der Waals surface area contributed by atoms with Crippen molar-refractivity contribution in [3.63, 3.8) is 0 Å². The van der Waals surface area contributed by atoms with Crippen LogP contribution in [0.4, 0.5) is 0 Å². The summed E-state index contributed by atoms with van der Waals surface area (Å²) < 4.78 is 5.00. The highest BCUT2D eigenvalue weighted by Crippen LogP contribution is 2.08. The Labute approximate surface area is 84.0 Å². The van der Waals surface area contributed by atoms with Crippen LogP contribution in [0.1, 0.15) is 11.1 Å². The molecule has 0 fully saturated rings. The van der Waals surface area contributed by atoms with Gasteiger partial charge in [-0.2, -0.15) is 0 Å². The lowest BCUT2D eigenvalue weighted by molar-refractivity contribution is 0.0954. The molecule has 78 valence electrons. The van der Waals surface area contributed by atoms with Gasteiger partial charge in [-0.05, 0) is 11.1 Å². The highest BCUT2D eigenvalue weighted by atomic mass is 16.5. The van der Waals surface area contributed by atoms with Gasteiger partial charge in [-0.25, -0.2) is 0 Å². The van der Waals surface area contributed by atoms with E-state index in [-0.39, 0.29) is 6.61 Å². The Morgan fingerprint density at radius 1 is 1.36 bits per heavy atom. The van der Waals surface area contributed by atoms with E-state index >= 15 is 0 Å². The van der Waals surface area contributed by atoms with Gasteiger partial charge in [0.2, 0.25) is 0 Å². The van der Waals surface area contributed by atoms with Crippen LogP contribution in [-0.2, 0) is 17.8 Å². The molecule has 14 heavy (non-hydrogen) atoms. The lowest BCUT2D eigenvalue weighted by Crippen LogP contribution is -2.15. The van der Waals surface area contributed by atoms with Crippen LogP contribution in [0.25, 0.3) is 0 Å². The molecule has 0 radical (unpaired) electrons. The molecule has 1 rings (SSSR count). The van der Waals surface area contributed by atoms with Crippen LogP contribution in [-0.4, -0.2) is 30.0 Å². The number of aliphatic hydroxyl groups is 2. The number of rotatable bonds is 5. The van der Waals surface area contributed by atoms with Crippen molar-refractivity contribution in [3.8, 4) is 0 Å². The quantitative estimate of drug-likeness (QED) is 0.730. The monoisotopic (exact) mass is 196 g/mol. The molecule has 0 saturated carbocycles. The SMILES string of the molecule is COCc1cccc(C[C@H](O)CO)c1. The molecule has 0 aliphatic carbocycles. The minimum Gasteiger partial charge on any atom is -0.394 e. The molecule has 0 aliphatic rings. The van der Waals surface area contributed by atoms with E-state index in [0.29, 0.717) is 13.0 Å². The van der Waals surface area contributed by atoms with E-state index in [4.69, 9.17) is 9.84 Å². The van der Waals surface area contributed by atoms with Gasteiger partial charge in [0.15, 0.2) is 0 Å². The van der Waals surface area contributed by atoms with E-state index in [9.17, 15) is 5.11 Å². The maximum absolute atomic E-state index is 9.25. The average Bonchev–Trinajstić information content (AvgIpc) is 2.19. The molecule has 0 aliphatic heterocycles. The summed E-state index contributed by atoms with van der Waals surface area (Å²) in [5.41, 5.74) is 2.09. The highest BCUT2D eigenvalue weighted by Gasteiger charge is 2.03. The van der Waals surface area contributed by atoms with Crippen molar-refractivity contribution in [1.82, 2.24) is 0 Å². The van der Waals surface area contributed by atoms with Crippen LogP contribution in [0.2, 0.25) is 0 Å². The second-order valence-corrected chi connectivity index (χ2v) is 3.29. The van der Waals surface area contributed by atoms with Crippen molar-refractivity contribution in [2.45, 2.75) is 19.1 Å². The average molecular weight is 196 g/mol. The molecule has 0 saturated heterocycles. The minimum atomic E-state index is -0.673. The van der Waals surface area contributed by atoms with Gasteiger partial charge in [0.05, 0.1) is 19.3 Å². The summed E-state index contributed by atoms with van der Waals surface area (Å²) >= 11 is 0. The third kappa shape index (κ3) is 3.46. The van der Waals surface area contributed by atoms with Crippen molar-refractivity contribution in [2.75, 3.05) is 13.7 Å². The lowest BCUT2D eigenvalue weighted by atomic mass is 10.1. The predicted octanol–water partition coefficient (Wildman–Crippen LogP) is 0.729. The van der Waals surface area contributed by atoms with Crippen molar-refractivity contribution in [1.29, 1.82) is 0 Å². The molecule has 0 bridgehead atoms. The van der Waals surface area contributed by atoms with Crippen molar-refractivity contribution in [3.05, 3.63) is 35.4 Å². The summed E-state index contributed by atoms with van der Waals surface area (Å²) in [5, 5.41) is 17.9. The van der Waals surface area contributed by atoms with E-state index in [2.05, 4.69) is 0 Å². The molecule has 3 nitrogen and oxygen atoms in total. The van der Waals surface area contributed by atoms with Crippen LogP contribution in [0.3, 0.4) is 0 Å². The predicted molar refractivity (Wildman–Crippen MR) is 54.0 cm³/mol. The van der Waals surface area contributed by atoms with Crippen LogP contribution < -0.4 is 0 Å². The molecule has 1 aromatic rings. The fraction of sp³-hybridized carbons (Fsp3) is 0.455. The van der Waals surface area contributed by atoms with Gasteiger partial charge in [-0.1, -0.05) is 24.3 Å². The molecule has 1 atom stereocenters. The molecular weight excluding hydrogens is 180 g/mol. The van der Waals surface area contributed by atoms with Gasteiger partial charge < -0.3 is 14.9 Å². The van der Waals surface area contributed by atoms with Crippen molar-refractivity contribution < 1.29 is 14.9 Å². The Morgan fingerprint density at radius 3 is 2.71 bits per heavy atom. The number of hydrogen-bond donors (Lipinski definition) is 2. The zero-order valence-corrected chi connectivity index (χ0v) is 8.31. The zero-order valence-electron chi connectivity index (χ0n) is 8.31. The summed E-state index contributed by atoms with van der Waals surface area (Å²) in [6, 6.07) is 7.80. The smallest absolute Gasteiger partial charge is 0.0811 e. The van der Waals surface area contributed by atoms with Crippen LogP contribution in [0, 0.1) is 0 Å². The van der Waals surface area contributed by atoms with Crippen LogP contribution >= 0.6 is 0 Å². The molecule has 2 N–H and O–H groups in total. The molecule has 3 heteroatoms. The third-order valence-corrected chi connectivity index (χ3v) is 1.98. The summed E-state index contributed by atoms with van der Waals surface area (Å²) in [5.74, 6) is 0. The Kier molecular flexibility index (Phi) is 4.59. The molecule has 0 spiro atoms. The number of benzene rings is 1. The summed E-state index contributed by atoms with van der Waals surface area (Å²) in [4.78, 5) is 0. The fourth-order valence-corrected chi connectivity index (χ4v) is 1.35. The van der Waals surface area contributed by atoms with Gasteiger partial charge in [0.1, 0.15) is 0 Å². The second kappa shape index (κ2) is 5.75. The van der Waals surface area contributed by atoms with Crippen LogP contribution in [0.5, 0.6) is 0 Å². The zero-order chi connectivity index (χ0) is 10.4. The van der Waals surface area contributed by atoms with Gasteiger partial charge in [0.25, 0.3) is 0 Å². The molecule has 0 heterocycles. The Hall–Kier alpha value is -0.900. The Balaban J connectivity index is 2.63. The van der Waals surface area contributed by atoms with Gasteiger partial charge in [-0.15, -0.1) is 0 Å².